The molecular weight excluding hydrogens is 310 g/mol. The number of nitrogens with one attached hydrogen (secondary N) is 1. The Kier molecular flexibility index (Phi) is 4.09. The highest BCUT2D eigenvalue weighted by molar-refractivity contribution is 5.81. The minimum absolute atomic E-state index is 0. The van der Waals surface area contributed by atoms with E-state index >= 15 is 0 Å². The number of rotatable bonds is 2. The van der Waals surface area contributed by atoms with Crippen LogP contribution in [0, 0.1) is 0 Å². The molecule has 0 bridgehead atoms. The van der Waals surface area contributed by atoms with E-state index < -0.39 is 0 Å². The third kappa shape index (κ3) is 2.32. The highest BCUT2D eigenvalue weighted by atomic mass is 35.5. The van der Waals surface area contributed by atoms with Gasteiger partial charge in [0.25, 0.3) is 0 Å². The van der Waals surface area contributed by atoms with E-state index in [0.29, 0.717) is 6.04 Å². The summed E-state index contributed by atoms with van der Waals surface area (Å²) >= 11 is 0. The number of phenols is 2. The molecule has 1 heterocycles. The van der Waals surface area contributed by atoms with E-state index in [1.807, 2.05) is 12.1 Å². The first-order valence-electron chi connectivity index (χ1n) is 7.82. The molecule has 2 aliphatic rings. The fourth-order valence-electron chi connectivity index (χ4n) is 4.12. The number of quaternary nitrogens is 1. The first-order chi connectivity index (χ1) is 10.7. The lowest BCUT2D eigenvalue weighted by molar-refractivity contribution is -0.928. The number of phenolic OH excluding ortho intramolecular Hbond substituents is 2. The highest BCUT2D eigenvalue weighted by Gasteiger charge is 2.37. The summed E-state index contributed by atoms with van der Waals surface area (Å²) in [7, 11) is 0. The second-order valence-electron chi connectivity index (χ2n) is 6.25. The molecule has 2 unspecified atom stereocenters. The van der Waals surface area contributed by atoms with E-state index in [0.717, 1.165) is 42.6 Å². The normalized spacial score (nSPS) is 20.9. The minimum atomic E-state index is -0.0408. The van der Waals surface area contributed by atoms with Gasteiger partial charge in [0, 0.05) is 24.0 Å². The van der Waals surface area contributed by atoms with Gasteiger partial charge in [0.2, 0.25) is 0 Å². The van der Waals surface area contributed by atoms with E-state index in [1.54, 1.807) is 6.07 Å². The molecular formula is C19H20ClNO2. The Hall–Kier alpha value is -1.97. The SMILES string of the molecule is C=CC[NH+]1CCc2cccc3c2C1Cc1ccc(O)c(O)c1-3.[Cl-]. The molecule has 1 aliphatic carbocycles. The lowest BCUT2D eigenvalue weighted by Gasteiger charge is -2.38. The first kappa shape index (κ1) is 15.9. The lowest BCUT2D eigenvalue weighted by Crippen LogP contribution is -3.13. The van der Waals surface area contributed by atoms with Crippen LogP contribution in [0.25, 0.3) is 11.1 Å². The van der Waals surface area contributed by atoms with Crippen LogP contribution in [0.1, 0.15) is 22.7 Å². The lowest BCUT2D eigenvalue weighted by atomic mass is 9.76. The first-order valence-corrected chi connectivity index (χ1v) is 7.82. The molecule has 0 spiro atoms. The van der Waals surface area contributed by atoms with Crippen LogP contribution in [0.2, 0.25) is 0 Å². The Morgan fingerprint density at radius 1 is 1.17 bits per heavy atom. The zero-order valence-electron chi connectivity index (χ0n) is 12.8. The summed E-state index contributed by atoms with van der Waals surface area (Å²) in [6.45, 7) is 5.97. The van der Waals surface area contributed by atoms with Crippen molar-refractivity contribution in [3.05, 3.63) is 59.7 Å². The van der Waals surface area contributed by atoms with Gasteiger partial charge in [-0.15, -0.1) is 0 Å². The Balaban J connectivity index is 0.00000156. The summed E-state index contributed by atoms with van der Waals surface area (Å²) in [6.07, 6.45) is 3.95. The molecule has 120 valence electrons. The summed E-state index contributed by atoms with van der Waals surface area (Å²) in [5.41, 5.74) is 5.74. The standard InChI is InChI=1S/C19H19NO2.ClH/c1-2-9-20-10-8-12-4-3-5-14-17(12)15(20)11-13-6-7-16(21)19(22)18(13)14;/h2-7,15,21-22H,1,8-11H2;1H. The molecule has 0 saturated carbocycles. The van der Waals surface area contributed by atoms with Gasteiger partial charge < -0.3 is 27.5 Å². The van der Waals surface area contributed by atoms with Crippen LogP contribution in [-0.2, 0) is 12.8 Å². The fraction of sp³-hybridized carbons (Fsp3) is 0.263. The maximum absolute atomic E-state index is 10.4. The predicted molar refractivity (Wildman–Crippen MR) is 86.3 cm³/mol. The van der Waals surface area contributed by atoms with Gasteiger partial charge in [-0.2, -0.15) is 0 Å². The van der Waals surface area contributed by atoms with Crippen molar-refractivity contribution in [3.63, 3.8) is 0 Å². The Labute approximate surface area is 142 Å². The Morgan fingerprint density at radius 3 is 2.78 bits per heavy atom. The van der Waals surface area contributed by atoms with Crippen molar-refractivity contribution in [2.45, 2.75) is 18.9 Å². The molecule has 2 aromatic rings. The third-order valence-electron chi connectivity index (χ3n) is 5.10. The molecule has 4 heteroatoms. The molecule has 3 nitrogen and oxygen atoms in total. The maximum Gasteiger partial charge on any atom is 0.165 e. The van der Waals surface area contributed by atoms with Crippen molar-refractivity contribution >= 4 is 0 Å². The zero-order chi connectivity index (χ0) is 15.3. The monoisotopic (exact) mass is 329 g/mol. The van der Waals surface area contributed by atoms with E-state index in [1.165, 1.54) is 16.0 Å². The Bertz CT molecular complexity index is 772. The van der Waals surface area contributed by atoms with Gasteiger partial charge >= 0.3 is 0 Å². The quantitative estimate of drug-likeness (QED) is 0.488. The third-order valence-corrected chi connectivity index (χ3v) is 5.10. The van der Waals surface area contributed by atoms with Crippen molar-refractivity contribution in [2.75, 3.05) is 13.1 Å². The van der Waals surface area contributed by atoms with Crippen molar-refractivity contribution < 1.29 is 27.5 Å². The molecule has 2 aromatic carbocycles. The van der Waals surface area contributed by atoms with E-state index in [9.17, 15) is 10.2 Å². The number of hydrogen-bond acceptors (Lipinski definition) is 2. The second kappa shape index (κ2) is 5.91. The molecule has 23 heavy (non-hydrogen) atoms. The van der Waals surface area contributed by atoms with Crippen molar-refractivity contribution in [3.8, 4) is 22.6 Å². The number of hydrogen-bond donors (Lipinski definition) is 3. The van der Waals surface area contributed by atoms with Gasteiger partial charge in [0.05, 0.1) is 13.1 Å². The van der Waals surface area contributed by atoms with E-state index in [-0.39, 0.29) is 23.9 Å². The van der Waals surface area contributed by atoms with Crippen LogP contribution >= 0.6 is 0 Å². The molecule has 0 amide bonds. The number of benzene rings is 2. The van der Waals surface area contributed by atoms with Crippen LogP contribution < -0.4 is 17.3 Å². The number of fused-ring (bicyclic) bond motifs is 2. The smallest absolute Gasteiger partial charge is 0.165 e. The second-order valence-corrected chi connectivity index (χ2v) is 6.25. The van der Waals surface area contributed by atoms with Crippen molar-refractivity contribution in [1.29, 1.82) is 0 Å². The van der Waals surface area contributed by atoms with E-state index in [2.05, 4.69) is 24.8 Å². The fourth-order valence-corrected chi connectivity index (χ4v) is 4.12. The highest BCUT2D eigenvalue weighted by Crippen LogP contribution is 2.47. The molecule has 0 radical (unpaired) electrons. The zero-order valence-corrected chi connectivity index (χ0v) is 13.6. The van der Waals surface area contributed by atoms with Gasteiger partial charge in [0.15, 0.2) is 11.5 Å². The largest absolute Gasteiger partial charge is 1.00 e. The number of aromatic hydroxyl groups is 2. The number of halogens is 1. The van der Waals surface area contributed by atoms with Gasteiger partial charge in [0.1, 0.15) is 6.04 Å². The predicted octanol–water partition coefficient (Wildman–Crippen LogP) is -1.01. The Morgan fingerprint density at radius 2 is 2.00 bits per heavy atom. The van der Waals surface area contributed by atoms with Crippen molar-refractivity contribution in [2.24, 2.45) is 0 Å². The molecule has 1 aliphatic heterocycles. The van der Waals surface area contributed by atoms with Crippen LogP contribution in [0.3, 0.4) is 0 Å². The summed E-state index contributed by atoms with van der Waals surface area (Å²) in [6, 6.07) is 10.3. The molecule has 0 aromatic heterocycles. The summed E-state index contributed by atoms with van der Waals surface area (Å²) in [4.78, 5) is 1.54. The average Bonchev–Trinajstić information content (AvgIpc) is 2.53. The molecule has 3 N–H and O–H groups in total. The molecule has 0 fully saturated rings. The van der Waals surface area contributed by atoms with Gasteiger partial charge in [-0.05, 0) is 28.8 Å². The molecule has 4 rings (SSSR count). The van der Waals surface area contributed by atoms with Gasteiger partial charge in [-0.25, -0.2) is 0 Å². The van der Waals surface area contributed by atoms with Crippen molar-refractivity contribution in [1.82, 2.24) is 0 Å². The van der Waals surface area contributed by atoms with Crippen LogP contribution in [0.4, 0.5) is 0 Å². The van der Waals surface area contributed by atoms with E-state index in [4.69, 9.17) is 0 Å². The minimum Gasteiger partial charge on any atom is -1.00 e. The topological polar surface area (TPSA) is 44.9 Å². The summed E-state index contributed by atoms with van der Waals surface area (Å²) < 4.78 is 0. The van der Waals surface area contributed by atoms with Crippen LogP contribution in [0.15, 0.2) is 43.0 Å². The van der Waals surface area contributed by atoms with Gasteiger partial charge in [-0.3, -0.25) is 0 Å². The average molecular weight is 330 g/mol. The summed E-state index contributed by atoms with van der Waals surface area (Å²) in [5.74, 6) is -0.0268. The molecule has 0 saturated heterocycles. The van der Waals surface area contributed by atoms with Gasteiger partial charge in [-0.1, -0.05) is 30.8 Å². The molecule has 2 atom stereocenters. The van der Waals surface area contributed by atoms with Crippen LogP contribution in [-0.4, -0.2) is 23.3 Å². The summed E-state index contributed by atoms with van der Waals surface area (Å²) in [5, 5.41) is 20.2. The maximum atomic E-state index is 10.4. The van der Waals surface area contributed by atoms with Crippen LogP contribution in [0.5, 0.6) is 11.5 Å².